The Labute approximate surface area is 210 Å². The van der Waals surface area contributed by atoms with Gasteiger partial charge in [0, 0.05) is 46.4 Å². The van der Waals surface area contributed by atoms with Gasteiger partial charge in [0.15, 0.2) is 0 Å². The maximum Gasteiger partial charge on any atom is 0.214 e. The monoisotopic (exact) mass is 551 g/mol. The third kappa shape index (κ3) is 6.28. The van der Waals surface area contributed by atoms with Gasteiger partial charge in [0.1, 0.15) is 34.0 Å². The normalized spacial score (nSPS) is 12.8. The molecule has 0 aliphatic rings. The molecule has 34 heavy (non-hydrogen) atoms. The zero-order chi connectivity index (χ0) is 24.7. The molecule has 0 aliphatic heterocycles. The Bertz CT molecular complexity index is 1090. The highest BCUT2D eigenvalue weighted by Crippen LogP contribution is 2.33. The number of methoxy groups -OCH3 is 4. The average Bonchev–Trinajstić information content (AvgIpc) is 2.87. The van der Waals surface area contributed by atoms with E-state index in [-0.39, 0.29) is 13.1 Å². The van der Waals surface area contributed by atoms with E-state index in [1.165, 1.54) is 0 Å². The first-order valence-corrected chi connectivity index (χ1v) is 12.3. The second-order valence-electron chi connectivity index (χ2n) is 7.30. The van der Waals surface area contributed by atoms with Crippen molar-refractivity contribution in [1.29, 1.82) is 0 Å². The summed E-state index contributed by atoms with van der Waals surface area (Å²) in [5.74, 6) is 2.37. The van der Waals surface area contributed by atoms with Crippen molar-refractivity contribution in [3.63, 3.8) is 0 Å². The van der Waals surface area contributed by atoms with Crippen molar-refractivity contribution in [3.05, 3.63) is 81.8 Å². The van der Waals surface area contributed by atoms with Gasteiger partial charge in [-0.25, -0.2) is 12.9 Å². The Kier molecular flexibility index (Phi) is 9.32. The summed E-state index contributed by atoms with van der Waals surface area (Å²) < 4.78 is 52.9. The van der Waals surface area contributed by atoms with Crippen molar-refractivity contribution >= 4 is 26.9 Å². The van der Waals surface area contributed by atoms with E-state index in [0.717, 1.165) is 11.1 Å². The number of benzene rings is 3. The highest BCUT2D eigenvalue weighted by Gasteiger charge is 2.27. The maximum atomic E-state index is 15.5. The molecule has 2 atom stereocenters. The van der Waals surface area contributed by atoms with Crippen molar-refractivity contribution < 1.29 is 27.5 Å². The van der Waals surface area contributed by atoms with Gasteiger partial charge in [-0.1, -0.05) is 40.2 Å². The first-order chi connectivity index (χ1) is 16.4. The van der Waals surface area contributed by atoms with Crippen molar-refractivity contribution in [2.75, 3.05) is 28.4 Å². The molecular formula is C25H27BrFNO5S. The fourth-order valence-corrected chi connectivity index (χ4v) is 5.01. The van der Waals surface area contributed by atoms with E-state index in [0.29, 0.717) is 33.0 Å². The number of nitrogens with zero attached hydrogens (tertiary/aromatic N) is 1. The number of hydrogen-bond acceptors (Lipinski definition) is 5. The molecule has 0 radical (unpaired) electrons. The Morgan fingerprint density at radius 2 is 1.35 bits per heavy atom. The summed E-state index contributed by atoms with van der Waals surface area (Å²) in [6, 6.07) is 17.4. The number of alkyl halides is 1. The third-order valence-corrected chi connectivity index (χ3v) is 7.11. The van der Waals surface area contributed by atoms with Crippen LogP contribution in [0.5, 0.6) is 23.0 Å². The second kappa shape index (κ2) is 12.2. The highest BCUT2D eigenvalue weighted by molar-refractivity contribution is 9.10. The van der Waals surface area contributed by atoms with Crippen LogP contribution in [0.3, 0.4) is 0 Å². The van der Waals surface area contributed by atoms with Crippen LogP contribution in [-0.2, 0) is 24.1 Å². The molecule has 3 aromatic rings. The van der Waals surface area contributed by atoms with E-state index in [1.54, 1.807) is 81.3 Å². The van der Waals surface area contributed by atoms with E-state index in [1.807, 2.05) is 12.1 Å². The summed E-state index contributed by atoms with van der Waals surface area (Å²) >= 11 is 3.35. The van der Waals surface area contributed by atoms with Gasteiger partial charge in [-0.3, -0.25) is 0 Å². The van der Waals surface area contributed by atoms with Gasteiger partial charge in [-0.15, -0.1) is 0 Å². The van der Waals surface area contributed by atoms with Crippen LogP contribution in [-0.4, -0.2) is 37.0 Å². The van der Waals surface area contributed by atoms with Crippen molar-refractivity contribution in [3.8, 4) is 23.0 Å². The van der Waals surface area contributed by atoms with Gasteiger partial charge < -0.3 is 18.9 Å². The molecular weight excluding hydrogens is 525 g/mol. The van der Waals surface area contributed by atoms with Gasteiger partial charge in [0.2, 0.25) is 5.50 Å². The van der Waals surface area contributed by atoms with Crippen LogP contribution in [0.25, 0.3) is 0 Å². The molecule has 0 bridgehead atoms. The minimum absolute atomic E-state index is 0.170. The molecule has 0 N–H and O–H groups in total. The summed E-state index contributed by atoms with van der Waals surface area (Å²) in [7, 11) is 4.20. The lowest BCUT2D eigenvalue weighted by atomic mass is 10.1. The van der Waals surface area contributed by atoms with Gasteiger partial charge in [-0.2, -0.15) is 0 Å². The standard InChI is InChI=1S/C25H27BrFNO5S/c1-30-21-10-8-18(23(13-21)32-3)15-28(16-19-9-11-22(31-2)14-24(19)33-4)34(29)25(27)17-6-5-7-20(26)12-17/h5-14,25H,15-16H2,1-4H3. The molecule has 182 valence electrons. The molecule has 0 saturated carbocycles. The van der Waals surface area contributed by atoms with E-state index in [4.69, 9.17) is 18.9 Å². The maximum absolute atomic E-state index is 15.5. The van der Waals surface area contributed by atoms with Crippen LogP contribution in [0.1, 0.15) is 22.2 Å². The lowest BCUT2D eigenvalue weighted by molar-refractivity contribution is 0.355. The fourth-order valence-electron chi connectivity index (χ4n) is 3.42. The van der Waals surface area contributed by atoms with Crippen LogP contribution in [0.2, 0.25) is 0 Å². The quantitative estimate of drug-likeness (QED) is 0.300. The molecule has 0 saturated heterocycles. The molecule has 0 aromatic heterocycles. The Morgan fingerprint density at radius 3 is 1.79 bits per heavy atom. The summed E-state index contributed by atoms with van der Waals surface area (Å²) in [5, 5.41) is 0. The van der Waals surface area contributed by atoms with Crippen LogP contribution in [0, 0.1) is 0 Å². The molecule has 0 aliphatic carbocycles. The first kappa shape index (κ1) is 26.0. The van der Waals surface area contributed by atoms with Crippen LogP contribution in [0.4, 0.5) is 4.39 Å². The number of halogens is 2. The molecule has 9 heteroatoms. The molecule has 3 rings (SSSR count). The summed E-state index contributed by atoms with van der Waals surface area (Å²) in [5.41, 5.74) is 0.0724. The molecule has 2 unspecified atom stereocenters. The average molecular weight is 552 g/mol. The summed E-state index contributed by atoms with van der Waals surface area (Å²) in [4.78, 5) is 0. The van der Waals surface area contributed by atoms with Gasteiger partial charge in [0.05, 0.1) is 28.4 Å². The largest absolute Gasteiger partial charge is 0.497 e. The van der Waals surface area contributed by atoms with Gasteiger partial charge >= 0.3 is 0 Å². The summed E-state index contributed by atoms with van der Waals surface area (Å²) in [6.45, 7) is 0.340. The minimum Gasteiger partial charge on any atom is -0.497 e. The van der Waals surface area contributed by atoms with E-state index < -0.39 is 16.5 Å². The predicted molar refractivity (Wildman–Crippen MR) is 134 cm³/mol. The van der Waals surface area contributed by atoms with Crippen molar-refractivity contribution in [1.82, 2.24) is 4.31 Å². The van der Waals surface area contributed by atoms with E-state index in [9.17, 15) is 4.21 Å². The van der Waals surface area contributed by atoms with Crippen LogP contribution in [0.15, 0.2) is 65.1 Å². The minimum atomic E-state index is -2.03. The SMILES string of the molecule is COc1ccc(CN(Cc2ccc(OC)cc2OC)S(=O)C(F)c2cccc(Br)c2)c(OC)c1. The third-order valence-electron chi connectivity index (χ3n) is 5.22. The van der Waals surface area contributed by atoms with Crippen LogP contribution < -0.4 is 18.9 Å². The first-order valence-electron chi connectivity index (χ1n) is 10.4. The zero-order valence-electron chi connectivity index (χ0n) is 19.4. The van der Waals surface area contributed by atoms with Gasteiger partial charge in [-0.05, 0) is 24.3 Å². The smallest absolute Gasteiger partial charge is 0.214 e. The van der Waals surface area contributed by atoms with Crippen LogP contribution >= 0.6 is 15.9 Å². The fraction of sp³-hybridized carbons (Fsp3) is 0.280. The highest BCUT2D eigenvalue weighted by atomic mass is 79.9. The number of ether oxygens (including phenoxy) is 4. The lowest BCUT2D eigenvalue weighted by Crippen LogP contribution is -2.28. The predicted octanol–water partition coefficient (Wildman–Crippen LogP) is 5.82. The van der Waals surface area contributed by atoms with E-state index >= 15 is 4.39 Å². The zero-order valence-corrected chi connectivity index (χ0v) is 21.8. The van der Waals surface area contributed by atoms with Crippen molar-refractivity contribution in [2.45, 2.75) is 18.6 Å². The Morgan fingerprint density at radius 1 is 0.824 bits per heavy atom. The summed E-state index contributed by atoms with van der Waals surface area (Å²) in [6.07, 6.45) is 0. The topological polar surface area (TPSA) is 57.2 Å². The van der Waals surface area contributed by atoms with Crippen molar-refractivity contribution in [2.24, 2.45) is 0 Å². The molecule has 0 spiro atoms. The Hall–Kier alpha value is -2.62. The molecule has 0 amide bonds. The molecule has 6 nitrogen and oxygen atoms in total. The number of hydrogen-bond donors (Lipinski definition) is 0. The van der Waals surface area contributed by atoms with Gasteiger partial charge in [0.25, 0.3) is 0 Å². The molecule has 0 fully saturated rings. The van der Waals surface area contributed by atoms with E-state index in [2.05, 4.69) is 15.9 Å². The second-order valence-corrected chi connectivity index (χ2v) is 9.70. The molecule has 3 aromatic carbocycles. The lowest BCUT2D eigenvalue weighted by Gasteiger charge is -2.25. The Balaban J connectivity index is 1.98. The number of rotatable bonds is 11. The molecule has 0 heterocycles.